The molecule has 0 spiro atoms. The minimum absolute atomic E-state index is 0.595. The molecule has 0 N–H and O–H groups in total. The van der Waals surface area contributed by atoms with E-state index in [-0.39, 0.29) is 0 Å². The summed E-state index contributed by atoms with van der Waals surface area (Å²) in [6, 6.07) is 15.9. The average molecular weight is 169 g/mol. The number of hydrogen-bond acceptors (Lipinski definition) is 0. The molecule has 0 saturated heterocycles. The van der Waals surface area contributed by atoms with Crippen molar-refractivity contribution in [3.63, 3.8) is 0 Å². The molecule has 65 valence electrons. The van der Waals surface area contributed by atoms with E-state index < -0.39 is 0 Å². The van der Waals surface area contributed by atoms with Gasteiger partial charge in [0.05, 0.1) is 0 Å². The van der Waals surface area contributed by atoms with Crippen LogP contribution in [0.1, 0.15) is 25.3 Å². The highest BCUT2D eigenvalue weighted by molar-refractivity contribution is 5.82. The lowest BCUT2D eigenvalue weighted by Gasteiger charge is -2.05. The Morgan fingerprint density at radius 1 is 1.15 bits per heavy atom. The van der Waals surface area contributed by atoms with Crippen molar-refractivity contribution in [1.29, 1.82) is 0 Å². The molecule has 0 heteroatoms. The minimum atomic E-state index is 0.595. The summed E-state index contributed by atoms with van der Waals surface area (Å²) in [6.07, 6.45) is 0. The summed E-state index contributed by atoms with van der Waals surface area (Å²) < 4.78 is 0. The summed E-state index contributed by atoms with van der Waals surface area (Å²) in [6.45, 7) is 4.42. The highest BCUT2D eigenvalue weighted by atomic mass is 14.0. The lowest BCUT2D eigenvalue weighted by atomic mass is 9.99. The summed E-state index contributed by atoms with van der Waals surface area (Å²) in [7, 11) is 0. The first-order chi connectivity index (χ1) is 6.27. The molecular formula is C13H13. The maximum absolute atomic E-state index is 3.25. The third-order valence-electron chi connectivity index (χ3n) is 2.35. The van der Waals surface area contributed by atoms with Gasteiger partial charge < -0.3 is 0 Å². The quantitative estimate of drug-likeness (QED) is 0.609. The van der Waals surface area contributed by atoms with Gasteiger partial charge >= 0.3 is 0 Å². The summed E-state index contributed by atoms with van der Waals surface area (Å²) in [5, 5.41) is 2.49. The molecule has 0 aliphatic rings. The topological polar surface area (TPSA) is 0 Å². The summed E-state index contributed by atoms with van der Waals surface area (Å²) in [4.78, 5) is 0. The Morgan fingerprint density at radius 3 is 2.77 bits per heavy atom. The van der Waals surface area contributed by atoms with Crippen molar-refractivity contribution < 1.29 is 0 Å². The lowest BCUT2D eigenvalue weighted by Crippen LogP contribution is -1.86. The van der Waals surface area contributed by atoms with Gasteiger partial charge in [-0.1, -0.05) is 50.2 Å². The molecule has 0 nitrogen and oxygen atoms in total. The predicted octanol–water partition coefficient (Wildman–Crippen LogP) is 3.76. The molecule has 0 atom stereocenters. The first-order valence-corrected chi connectivity index (χ1v) is 4.68. The van der Waals surface area contributed by atoms with E-state index in [4.69, 9.17) is 0 Å². The predicted molar refractivity (Wildman–Crippen MR) is 56.9 cm³/mol. The fraction of sp³-hybridized carbons (Fsp3) is 0.231. The number of benzene rings is 2. The largest absolute Gasteiger partial charge is 0.0610 e. The monoisotopic (exact) mass is 169 g/mol. The molecule has 0 heterocycles. The van der Waals surface area contributed by atoms with Gasteiger partial charge in [-0.25, -0.2) is 0 Å². The SMILES string of the molecule is CC(C)c1ccc2ccc[c]c2c1. The molecule has 0 bridgehead atoms. The Labute approximate surface area is 79.2 Å². The third kappa shape index (κ3) is 1.57. The summed E-state index contributed by atoms with van der Waals surface area (Å²) in [5.74, 6) is 0.595. The lowest BCUT2D eigenvalue weighted by molar-refractivity contribution is 0.869. The smallest absolute Gasteiger partial charge is 0.00991 e. The molecule has 0 saturated carbocycles. The van der Waals surface area contributed by atoms with Crippen LogP contribution < -0.4 is 0 Å². The van der Waals surface area contributed by atoms with E-state index in [1.165, 1.54) is 16.3 Å². The van der Waals surface area contributed by atoms with Crippen LogP contribution in [0.25, 0.3) is 10.8 Å². The Hall–Kier alpha value is -1.30. The Morgan fingerprint density at radius 2 is 2.00 bits per heavy atom. The molecule has 0 aromatic heterocycles. The van der Waals surface area contributed by atoms with Gasteiger partial charge in [-0.3, -0.25) is 0 Å². The van der Waals surface area contributed by atoms with Crippen LogP contribution in [0.4, 0.5) is 0 Å². The van der Waals surface area contributed by atoms with E-state index in [2.05, 4.69) is 44.2 Å². The van der Waals surface area contributed by atoms with Gasteiger partial charge in [0, 0.05) is 0 Å². The van der Waals surface area contributed by atoms with Crippen LogP contribution >= 0.6 is 0 Å². The molecule has 1 radical (unpaired) electrons. The maximum atomic E-state index is 3.25. The van der Waals surface area contributed by atoms with Crippen LogP contribution in [0.3, 0.4) is 0 Å². The molecule has 0 aliphatic carbocycles. The molecule has 0 aliphatic heterocycles. The first kappa shape index (κ1) is 8.31. The van der Waals surface area contributed by atoms with Crippen molar-refractivity contribution in [3.05, 3.63) is 48.0 Å². The van der Waals surface area contributed by atoms with Crippen molar-refractivity contribution in [2.45, 2.75) is 19.8 Å². The third-order valence-corrected chi connectivity index (χ3v) is 2.35. The van der Waals surface area contributed by atoms with E-state index in [0.29, 0.717) is 5.92 Å². The zero-order valence-corrected chi connectivity index (χ0v) is 8.04. The van der Waals surface area contributed by atoms with Crippen molar-refractivity contribution in [2.24, 2.45) is 0 Å². The number of rotatable bonds is 1. The second-order valence-electron chi connectivity index (χ2n) is 3.67. The Kier molecular flexibility index (Phi) is 2.05. The van der Waals surface area contributed by atoms with Gasteiger partial charge in [-0.15, -0.1) is 0 Å². The molecule has 13 heavy (non-hydrogen) atoms. The summed E-state index contributed by atoms with van der Waals surface area (Å²) >= 11 is 0. The van der Waals surface area contributed by atoms with E-state index in [1.807, 2.05) is 12.1 Å². The average Bonchev–Trinajstić information content (AvgIpc) is 2.17. The zero-order valence-electron chi connectivity index (χ0n) is 8.04. The molecule has 2 aromatic carbocycles. The number of hydrogen-bond donors (Lipinski definition) is 0. The van der Waals surface area contributed by atoms with Crippen molar-refractivity contribution in [1.82, 2.24) is 0 Å². The van der Waals surface area contributed by atoms with Crippen molar-refractivity contribution in [2.75, 3.05) is 0 Å². The van der Waals surface area contributed by atoms with Crippen LogP contribution in [0.2, 0.25) is 0 Å². The standard InChI is InChI=1S/C13H13/c1-10(2)12-8-7-11-5-3-4-6-13(11)9-12/h3-5,7-10H,1-2H3. The van der Waals surface area contributed by atoms with E-state index in [1.54, 1.807) is 0 Å². The first-order valence-electron chi connectivity index (χ1n) is 4.68. The minimum Gasteiger partial charge on any atom is -0.0610 e. The molecule has 2 rings (SSSR count). The fourth-order valence-corrected chi connectivity index (χ4v) is 1.49. The van der Waals surface area contributed by atoms with Crippen LogP contribution in [0.15, 0.2) is 36.4 Å². The van der Waals surface area contributed by atoms with Crippen LogP contribution in [-0.2, 0) is 0 Å². The van der Waals surface area contributed by atoms with Gasteiger partial charge in [-0.05, 0) is 28.3 Å². The maximum Gasteiger partial charge on any atom is -0.00991 e. The van der Waals surface area contributed by atoms with Crippen LogP contribution in [0, 0.1) is 6.07 Å². The van der Waals surface area contributed by atoms with Gasteiger partial charge in [0.25, 0.3) is 0 Å². The molecular weight excluding hydrogens is 156 g/mol. The second kappa shape index (κ2) is 3.21. The Bertz CT molecular complexity index is 413. The van der Waals surface area contributed by atoms with Crippen molar-refractivity contribution >= 4 is 10.8 Å². The van der Waals surface area contributed by atoms with E-state index >= 15 is 0 Å². The molecule has 0 amide bonds. The zero-order chi connectivity index (χ0) is 9.26. The molecule has 2 aromatic rings. The van der Waals surface area contributed by atoms with Crippen LogP contribution in [0.5, 0.6) is 0 Å². The van der Waals surface area contributed by atoms with E-state index in [0.717, 1.165) is 0 Å². The fourth-order valence-electron chi connectivity index (χ4n) is 1.49. The van der Waals surface area contributed by atoms with Gasteiger partial charge in [-0.2, -0.15) is 0 Å². The number of fused-ring (bicyclic) bond motifs is 1. The molecule has 0 fully saturated rings. The van der Waals surface area contributed by atoms with Gasteiger partial charge in [0.15, 0.2) is 0 Å². The highest BCUT2D eigenvalue weighted by Crippen LogP contribution is 2.20. The van der Waals surface area contributed by atoms with Crippen LogP contribution in [-0.4, -0.2) is 0 Å². The second-order valence-corrected chi connectivity index (χ2v) is 3.67. The Balaban J connectivity index is 2.62. The van der Waals surface area contributed by atoms with Gasteiger partial charge in [0.2, 0.25) is 0 Å². The van der Waals surface area contributed by atoms with E-state index in [9.17, 15) is 0 Å². The van der Waals surface area contributed by atoms with Crippen molar-refractivity contribution in [3.8, 4) is 0 Å². The highest BCUT2D eigenvalue weighted by Gasteiger charge is 1.99. The summed E-state index contributed by atoms with van der Waals surface area (Å²) in [5.41, 5.74) is 1.38. The van der Waals surface area contributed by atoms with Gasteiger partial charge in [0.1, 0.15) is 0 Å². The molecule has 0 unspecified atom stereocenters. The normalized spacial score (nSPS) is 11.0.